The zero-order valence-electron chi connectivity index (χ0n) is 6.98. The second-order valence-electron chi connectivity index (χ2n) is 2.42. The van der Waals surface area contributed by atoms with E-state index in [1.54, 1.807) is 0 Å². The van der Waals surface area contributed by atoms with Crippen LogP contribution in [0.3, 0.4) is 0 Å². The third-order valence-electron chi connectivity index (χ3n) is 1.36. The Labute approximate surface area is 82.1 Å². The highest BCUT2D eigenvalue weighted by atomic mass is 16.5. The Morgan fingerprint density at radius 2 is 1.71 bits per heavy atom. The van der Waals surface area contributed by atoms with E-state index in [1.807, 2.05) is 0 Å². The maximum absolute atomic E-state index is 10.5. The van der Waals surface area contributed by atoms with Crippen LogP contribution in [0.4, 0.5) is 0 Å². The molecule has 4 heteroatoms. The molecule has 1 N–H and O–H groups in total. The molecule has 0 saturated carbocycles. The first kappa shape index (κ1) is 12.2. The molecule has 0 fully saturated rings. The van der Waals surface area contributed by atoms with Gasteiger partial charge in [0.25, 0.3) is 0 Å². The molecule has 1 rings (SSSR count). The standard InChI is InChI=1S/C9H8O4.CH4/c1-6(10)13-8-4-2-7(3-5-8)9(11)12;/h2-5H,1H3,(H,11,12);1H4. The lowest BCUT2D eigenvalue weighted by Crippen LogP contribution is -2.02. The number of carboxylic acid groups (broad SMARTS) is 1. The van der Waals surface area contributed by atoms with Gasteiger partial charge in [-0.3, -0.25) is 4.79 Å². The van der Waals surface area contributed by atoms with E-state index in [0.717, 1.165) is 0 Å². The smallest absolute Gasteiger partial charge is 0.335 e. The number of carbonyl (C=O) groups excluding carboxylic acids is 1. The molecule has 1 aromatic carbocycles. The van der Waals surface area contributed by atoms with E-state index in [9.17, 15) is 9.59 Å². The minimum absolute atomic E-state index is 0. The first-order chi connectivity index (χ1) is 6.09. The monoisotopic (exact) mass is 196 g/mol. The second kappa shape index (κ2) is 5.01. The van der Waals surface area contributed by atoms with Crippen molar-refractivity contribution in [3.8, 4) is 5.75 Å². The van der Waals surface area contributed by atoms with Gasteiger partial charge in [0.15, 0.2) is 0 Å². The number of aromatic carboxylic acids is 1. The lowest BCUT2D eigenvalue weighted by Gasteiger charge is -2.00. The van der Waals surface area contributed by atoms with Gasteiger partial charge in [0.1, 0.15) is 5.75 Å². The fraction of sp³-hybridized carbons (Fsp3) is 0.200. The molecule has 0 bridgehead atoms. The quantitative estimate of drug-likeness (QED) is 0.580. The predicted octanol–water partition coefficient (Wildman–Crippen LogP) is 1.95. The van der Waals surface area contributed by atoms with E-state index >= 15 is 0 Å². The van der Waals surface area contributed by atoms with Crippen molar-refractivity contribution in [2.75, 3.05) is 0 Å². The normalized spacial score (nSPS) is 8.64. The highest BCUT2D eigenvalue weighted by Crippen LogP contribution is 2.11. The fourth-order valence-electron chi connectivity index (χ4n) is 0.832. The van der Waals surface area contributed by atoms with Gasteiger partial charge in [0.2, 0.25) is 0 Å². The molecule has 0 amide bonds. The highest BCUT2D eigenvalue weighted by Gasteiger charge is 2.02. The van der Waals surface area contributed by atoms with Gasteiger partial charge < -0.3 is 9.84 Å². The van der Waals surface area contributed by atoms with Crippen molar-refractivity contribution >= 4 is 11.9 Å². The van der Waals surface area contributed by atoms with Gasteiger partial charge in [-0.2, -0.15) is 0 Å². The van der Waals surface area contributed by atoms with Gasteiger partial charge in [-0.1, -0.05) is 7.43 Å². The molecule has 0 radical (unpaired) electrons. The molecule has 0 unspecified atom stereocenters. The Balaban J connectivity index is 0.00000169. The van der Waals surface area contributed by atoms with E-state index in [4.69, 9.17) is 9.84 Å². The summed E-state index contributed by atoms with van der Waals surface area (Å²) in [6.45, 7) is 1.28. The fourth-order valence-corrected chi connectivity index (χ4v) is 0.832. The zero-order chi connectivity index (χ0) is 9.84. The Bertz CT molecular complexity index is 326. The van der Waals surface area contributed by atoms with Gasteiger partial charge in [-0.15, -0.1) is 0 Å². The van der Waals surface area contributed by atoms with Crippen LogP contribution in [-0.4, -0.2) is 17.0 Å². The molecule has 0 spiro atoms. The number of hydrogen-bond donors (Lipinski definition) is 1. The molecule has 0 aliphatic heterocycles. The van der Waals surface area contributed by atoms with Crippen molar-refractivity contribution in [2.24, 2.45) is 0 Å². The second-order valence-corrected chi connectivity index (χ2v) is 2.42. The van der Waals surface area contributed by atoms with Gasteiger partial charge >= 0.3 is 11.9 Å². The molecular weight excluding hydrogens is 184 g/mol. The summed E-state index contributed by atoms with van der Waals surface area (Å²) in [5.74, 6) is -1.09. The maximum Gasteiger partial charge on any atom is 0.335 e. The molecule has 0 atom stereocenters. The van der Waals surface area contributed by atoms with Crippen molar-refractivity contribution in [3.05, 3.63) is 29.8 Å². The minimum Gasteiger partial charge on any atom is -0.478 e. The Hall–Kier alpha value is -1.84. The summed E-state index contributed by atoms with van der Waals surface area (Å²) in [5.41, 5.74) is 0.163. The Kier molecular flexibility index (Phi) is 4.35. The van der Waals surface area contributed by atoms with Gasteiger partial charge in [0.05, 0.1) is 5.56 Å². The highest BCUT2D eigenvalue weighted by molar-refractivity contribution is 5.87. The van der Waals surface area contributed by atoms with Crippen molar-refractivity contribution in [1.82, 2.24) is 0 Å². The number of carbonyl (C=O) groups is 2. The number of esters is 1. The van der Waals surface area contributed by atoms with Crippen LogP contribution in [0, 0.1) is 0 Å². The minimum atomic E-state index is -1.01. The largest absolute Gasteiger partial charge is 0.478 e. The Morgan fingerprint density at radius 1 is 1.21 bits per heavy atom. The summed E-state index contributed by atoms with van der Waals surface area (Å²) < 4.78 is 4.72. The van der Waals surface area contributed by atoms with E-state index in [1.165, 1.54) is 31.2 Å². The summed E-state index contributed by atoms with van der Waals surface area (Å²) in [5, 5.41) is 8.55. The first-order valence-electron chi connectivity index (χ1n) is 3.61. The number of rotatable bonds is 2. The topological polar surface area (TPSA) is 63.6 Å². The molecule has 14 heavy (non-hydrogen) atoms. The van der Waals surface area contributed by atoms with Crippen molar-refractivity contribution in [2.45, 2.75) is 14.4 Å². The first-order valence-corrected chi connectivity index (χ1v) is 3.61. The van der Waals surface area contributed by atoms with Crippen LogP contribution in [0.2, 0.25) is 0 Å². The van der Waals surface area contributed by atoms with Crippen LogP contribution >= 0.6 is 0 Å². The molecule has 0 aliphatic rings. The Morgan fingerprint density at radius 3 is 2.07 bits per heavy atom. The van der Waals surface area contributed by atoms with Crippen molar-refractivity contribution in [1.29, 1.82) is 0 Å². The SMILES string of the molecule is C.CC(=O)Oc1ccc(C(=O)O)cc1. The average Bonchev–Trinajstić information content (AvgIpc) is 2.04. The van der Waals surface area contributed by atoms with Crippen LogP contribution in [0.1, 0.15) is 24.7 Å². The van der Waals surface area contributed by atoms with Crippen LogP contribution < -0.4 is 4.74 Å². The zero-order valence-corrected chi connectivity index (χ0v) is 6.98. The molecule has 0 heterocycles. The lowest BCUT2D eigenvalue weighted by molar-refractivity contribution is -0.131. The molecule has 0 aromatic heterocycles. The van der Waals surface area contributed by atoms with E-state index in [2.05, 4.69) is 0 Å². The summed E-state index contributed by atoms with van der Waals surface area (Å²) in [7, 11) is 0. The number of benzene rings is 1. The van der Waals surface area contributed by atoms with Crippen molar-refractivity contribution < 1.29 is 19.4 Å². The van der Waals surface area contributed by atoms with Gasteiger partial charge in [-0.25, -0.2) is 4.79 Å². The molecule has 0 aliphatic carbocycles. The third-order valence-corrected chi connectivity index (χ3v) is 1.36. The van der Waals surface area contributed by atoms with E-state index < -0.39 is 11.9 Å². The number of hydrogen-bond acceptors (Lipinski definition) is 3. The van der Waals surface area contributed by atoms with Crippen LogP contribution in [0.15, 0.2) is 24.3 Å². The summed E-state index contributed by atoms with van der Waals surface area (Å²) in [4.78, 5) is 20.9. The van der Waals surface area contributed by atoms with E-state index in [0.29, 0.717) is 5.75 Å². The predicted molar refractivity (Wildman–Crippen MR) is 51.4 cm³/mol. The summed E-state index contributed by atoms with van der Waals surface area (Å²) in [6, 6.07) is 5.62. The van der Waals surface area contributed by atoms with Crippen LogP contribution in [-0.2, 0) is 4.79 Å². The molecule has 1 aromatic rings. The molecule has 0 saturated heterocycles. The number of ether oxygens (including phenoxy) is 1. The molecule has 76 valence electrons. The lowest BCUT2D eigenvalue weighted by atomic mass is 10.2. The van der Waals surface area contributed by atoms with Gasteiger partial charge in [-0.05, 0) is 24.3 Å². The summed E-state index contributed by atoms with van der Waals surface area (Å²) in [6.07, 6.45) is 0. The third kappa shape index (κ3) is 3.26. The van der Waals surface area contributed by atoms with Crippen LogP contribution in [0.5, 0.6) is 5.75 Å². The molecule has 4 nitrogen and oxygen atoms in total. The van der Waals surface area contributed by atoms with E-state index in [-0.39, 0.29) is 13.0 Å². The van der Waals surface area contributed by atoms with Crippen molar-refractivity contribution in [3.63, 3.8) is 0 Å². The average molecular weight is 196 g/mol. The van der Waals surface area contributed by atoms with Gasteiger partial charge in [0, 0.05) is 6.92 Å². The van der Waals surface area contributed by atoms with Crippen LogP contribution in [0.25, 0.3) is 0 Å². The number of carboxylic acids is 1. The summed E-state index contributed by atoms with van der Waals surface area (Å²) >= 11 is 0. The maximum atomic E-state index is 10.5. The molecular formula is C10H12O4.